The van der Waals surface area contributed by atoms with Crippen LogP contribution >= 0.6 is 0 Å². The smallest absolute Gasteiger partial charge is 0.250 e. The van der Waals surface area contributed by atoms with Crippen molar-refractivity contribution in [2.75, 3.05) is 31.2 Å². The number of fused-ring (bicyclic) bond motifs is 1. The predicted molar refractivity (Wildman–Crippen MR) is 149 cm³/mol. The Hall–Kier alpha value is -3.31. The predicted octanol–water partition coefficient (Wildman–Crippen LogP) is 6.32. The summed E-state index contributed by atoms with van der Waals surface area (Å²) in [4.78, 5) is 18.3. The van der Waals surface area contributed by atoms with Gasteiger partial charge in [0.1, 0.15) is 0 Å². The molecule has 0 spiro atoms. The fourth-order valence-electron chi connectivity index (χ4n) is 4.29. The highest BCUT2D eigenvalue weighted by molar-refractivity contribution is 6.21. The number of morpholine rings is 1. The number of carbonyl (C=O) groups excluding carboxylic acids is 1. The van der Waals surface area contributed by atoms with Gasteiger partial charge in [0.2, 0.25) is 0 Å². The maximum Gasteiger partial charge on any atom is 0.250 e. The van der Waals surface area contributed by atoms with Crippen molar-refractivity contribution in [2.24, 2.45) is 5.73 Å². The van der Waals surface area contributed by atoms with Gasteiger partial charge in [-0.2, -0.15) is 0 Å². The molecule has 1 aliphatic heterocycles. The first-order chi connectivity index (χ1) is 16.8. The largest absolute Gasteiger partial charge is 0.378 e. The van der Waals surface area contributed by atoms with E-state index in [1.807, 2.05) is 26.0 Å². The van der Waals surface area contributed by atoms with Gasteiger partial charge in [-0.15, -0.1) is 0 Å². The second kappa shape index (κ2) is 11.9. The van der Waals surface area contributed by atoms with Crippen LogP contribution in [0.4, 0.5) is 5.69 Å². The quantitative estimate of drug-likeness (QED) is 0.336. The first kappa shape index (κ1) is 26.3. The molecule has 2 heterocycles. The van der Waals surface area contributed by atoms with Crippen LogP contribution in [-0.4, -0.2) is 37.2 Å². The van der Waals surface area contributed by atoms with Gasteiger partial charge >= 0.3 is 0 Å². The third-order valence-electron chi connectivity index (χ3n) is 6.40. The van der Waals surface area contributed by atoms with E-state index in [1.165, 1.54) is 17.5 Å². The summed E-state index contributed by atoms with van der Waals surface area (Å²) in [5.74, 6) is -0.448. The first-order valence-electron chi connectivity index (χ1n) is 12.5. The minimum absolute atomic E-state index is 0.448. The zero-order valence-electron chi connectivity index (χ0n) is 22.0. The fraction of sp³-hybridized carbons (Fsp3) is 0.367. The normalized spacial score (nSPS) is 14.6. The molecule has 3 N–H and O–H groups in total. The second-order valence-electron chi connectivity index (χ2n) is 9.13. The number of aromatic nitrogens is 1. The molecule has 0 atom stereocenters. The Labute approximate surface area is 209 Å². The Morgan fingerprint density at radius 2 is 1.74 bits per heavy atom. The summed E-state index contributed by atoms with van der Waals surface area (Å²) in [6, 6.07) is 12.7. The zero-order chi connectivity index (χ0) is 25.5. The Balaban J connectivity index is 0.00000108. The standard InChI is InChI=1S/C27H31N3O2.C3H8/c1-5-20(21-7-6-17(2)18(3)14-21)15-24(27(28)31)26-19(4)23-9-8-22(16-25(23)29-26)30-10-12-32-13-11-30;1-3-2/h5-9,14-16,29H,10-13H2,1-4H3,(H2,28,31);3H2,1-2H3/b20-5-,24-15+;. The number of aromatic amines is 1. The molecule has 1 aliphatic rings. The van der Waals surface area contributed by atoms with Crippen LogP contribution < -0.4 is 10.6 Å². The topological polar surface area (TPSA) is 71.4 Å². The molecule has 1 fully saturated rings. The molecule has 0 unspecified atom stereocenters. The molecular formula is C30H39N3O2. The SMILES string of the molecule is C/C=C(/C=C(/C(N)=O)c1[nH]c2cc(N3CCOCC3)ccc2c1C)c1ccc(C)c(C)c1.CCC. The average molecular weight is 474 g/mol. The lowest BCUT2D eigenvalue weighted by atomic mass is 9.96. The number of nitrogens with zero attached hydrogens (tertiary/aromatic N) is 1. The second-order valence-corrected chi connectivity index (χ2v) is 9.13. The van der Waals surface area contributed by atoms with Crippen LogP contribution in [0, 0.1) is 20.8 Å². The molecule has 35 heavy (non-hydrogen) atoms. The maximum atomic E-state index is 12.5. The molecule has 2 aromatic carbocycles. The average Bonchev–Trinajstić information content (AvgIpc) is 3.18. The number of H-pyrrole nitrogens is 1. The summed E-state index contributed by atoms with van der Waals surface area (Å²) in [5, 5.41) is 1.09. The lowest BCUT2D eigenvalue weighted by Crippen LogP contribution is -2.36. The lowest BCUT2D eigenvalue weighted by Gasteiger charge is -2.28. The first-order valence-corrected chi connectivity index (χ1v) is 12.5. The Kier molecular flexibility index (Phi) is 8.94. The van der Waals surface area contributed by atoms with Gasteiger partial charge in [0, 0.05) is 29.7 Å². The number of amides is 1. The van der Waals surface area contributed by atoms with Gasteiger partial charge < -0.3 is 20.4 Å². The molecule has 0 radical (unpaired) electrons. The number of aryl methyl sites for hydroxylation is 3. The number of hydrogen-bond donors (Lipinski definition) is 2. The number of ether oxygens (including phenoxy) is 1. The Morgan fingerprint density at radius 3 is 2.34 bits per heavy atom. The van der Waals surface area contributed by atoms with Crippen LogP contribution in [0.5, 0.6) is 0 Å². The van der Waals surface area contributed by atoms with E-state index >= 15 is 0 Å². The molecule has 0 bridgehead atoms. The minimum atomic E-state index is -0.448. The number of primary amides is 1. The van der Waals surface area contributed by atoms with Gasteiger partial charge in [0.25, 0.3) is 5.91 Å². The van der Waals surface area contributed by atoms with Crippen LogP contribution in [0.15, 0.2) is 48.6 Å². The molecule has 5 heteroatoms. The summed E-state index contributed by atoms with van der Waals surface area (Å²) in [5.41, 5.74) is 14.8. The van der Waals surface area contributed by atoms with E-state index in [-0.39, 0.29) is 0 Å². The molecule has 1 aromatic heterocycles. The molecule has 1 amide bonds. The van der Waals surface area contributed by atoms with E-state index in [0.717, 1.165) is 65.3 Å². The van der Waals surface area contributed by atoms with Gasteiger partial charge in [-0.05, 0) is 73.7 Å². The van der Waals surface area contributed by atoms with Crippen molar-refractivity contribution in [1.29, 1.82) is 0 Å². The molecule has 3 aromatic rings. The number of hydrogen-bond acceptors (Lipinski definition) is 3. The summed E-state index contributed by atoms with van der Waals surface area (Å²) in [7, 11) is 0. The van der Waals surface area contributed by atoms with Crippen LogP contribution in [0.2, 0.25) is 0 Å². The van der Waals surface area contributed by atoms with E-state index in [4.69, 9.17) is 10.5 Å². The van der Waals surface area contributed by atoms with E-state index < -0.39 is 5.91 Å². The van der Waals surface area contributed by atoms with Crippen molar-refractivity contribution in [3.05, 3.63) is 76.5 Å². The molecule has 4 rings (SSSR count). The highest BCUT2D eigenvalue weighted by Crippen LogP contribution is 2.32. The molecule has 186 valence electrons. The lowest BCUT2D eigenvalue weighted by molar-refractivity contribution is -0.112. The molecule has 0 aliphatic carbocycles. The van der Waals surface area contributed by atoms with Gasteiger partial charge in [0.05, 0.1) is 24.5 Å². The Morgan fingerprint density at radius 1 is 1.06 bits per heavy atom. The third kappa shape index (κ3) is 6.04. The van der Waals surface area contributed by atoms with Crippen molar-refractivity contribution >= 4 is 33.6 Å². The number of anilines is 1. The highest BCUT2D eigenvalue weighted by atomic mass is 16.5. The molecule has 1 saturated heterocycles. The van der Waals surface area contributed by atoms with Gasteiger partial charge in [-0.25, -0.2) is 0 Å². The monoisotopic (exact) mass is 473 g/mol. The number of allylic oxidation sites excluding steroid dienone is 3. The number of carbonyl (C=O) groups is 1. The summed E-state index contributed by atoms with van der Waals surface area (Å²) < 4.78 is 5.47. The van der Waals surface area contributed by atoms with Crippen LogP contribution in [0.3, 0.4) is 0 Å². The van der Waals surface area contributed by atoms with Gasteiger partial charge in [-0.1, -0.05) is 50.6 Å². The van der Waals surface area contributed by atoms with Crippen molar-refractivity contribution in [1.82, 2.24) is 4.98 Å². The van der Waals surface area contributed by atoms with E-state index in [0.29, 0.717) is 5.57 Å². The number of rotatable bonds is 5. The zero-order valence-corrected chi connectivity index (χ0v) is 22.0. The fourth-order valence-corrected chi connectivity index (χ4v) is 4.29. The van der Waals surface area contributed by atoms with Crippen molar-refractivity contribution in [3.8, 4) is 0 Å². The van der Waals surface area contributed by atoms with Crippen molar-refractivity contribution < 1.29 is 9.53 Å². The molecule has 5 nitrogen and oxygen atoms in total. The summed E-state index contributed by atoms with van der Waals surface area (Å²) in [6.07, 6.45) is 5.16. The third-order valence-corrected chi connectivity index (χ3v) is 6.40. The Bertz CT molecular complexity index is 1240. The van der Waals surface area contributed by atoms with Crippen molar-refractivity contribution in [2.45, 2.75) is 48.0 Å². The number of nitrogens with one attached hydrogen (secondary N) is 1. The molecule has 0 saturated carbocycles. The van der Waals surface area contributed by atoms with Gasteiger partial charge in [-0.3, -0.25) is 4.79 Å². The highest BCUT2D eigenvalue weighted by Gasteiger charge is 2.18. The van der Waals surface area contributed by atoms with E-state index in [2.05, 4.69) is 74.0 Å². The van der Waals surface area contributed by atoms with Crippen LogP contribution in [0.1, 0.15) is 55.1 Å². The minimum Gasteiger partial charge on any atom is -0.378 e. The summed E-state index contributed by atoms with van der Waals surface area (Å²) >= 11 is 0. The van der Waals surface area contributed by atoms with Crippen LogP contribution in [-0.2, 0) is 9.53 Å². The van der Waals surface area contributed by atoms with Crippen molar-refractivity contribution in [3.63, 3.8) is 0 Å². The number of nitrogens with two attached hydrogens (primary N) is 1. The maximum absolute atomic E-state index is 12.5. The summed E-state index contributed by atoms with van der Waals surface area (Å²) in [6.45, 7) is 15.7. The van der Waals surface area contributed by atoms with Crippen LogP contribution in [0.25, 0.3) is 22.0 Å². The van der Waals surface area contributed by atoms with Gasteiger partial charge in [0.15, 0.2) is 0 Å². The number of benzene rings is 2. The van der Waals surface area contributed by atoms with E-state index in [1.54, 1.807) is 0 Å². The molecular weight excluding hydrogens is 434 g/mol. The van der Waals surface area contributed by atoms with E-state index in [9.17, 15) is 4.79 Å².